The number of hydrogen-bond donors (Lipinski definition) is 1. The number of nitrogens with zero attached hydrogens (tertiary/aromatic N) is 2. The number of hydrogen-bond acceptors (Lipinski definition) is 5. The summed E-state index contributed by atoms with van der Waals surface area (Å²) in [7, 11) is 0. The first-order valence-corrected chi connectivity index (χ1v) is 15.9. The molecule has 0 aliphatic rings. The lowest BCUT2D eigenvalue weighted by atomic mass is 9.98. The SMILES string of the molecule is CCCCOCCOc1ccc(-c2ccc(C(F)(F)F)c(/C=C/C(=O)Nc3ccc(SCc4c(C)ncn4CC)cc3)c2)cc1. The van der Waals surface area contributed by atoms with E-state index < -0.39 is 17.6 Å². The molecule has 0 spiro atoms. The van der Waals surface area contributed by atoms with Crippen LogP contribution < -0.4 is 10.1 Å². The molecule has 4 aromatic rings. The molecule has 0 bridgehead atoms. The minimum Gasteiger partial charge on any atom is -0.491 e. The number of benzene rings is 3. The van der Waals surface area contributed by atoms with Crippen LogP contribution in [-0.2, 0) is 28.0 Å². The predicted octanol–water partition coefficient (Wildman–Crippen LogP) is 9.04. The zero-order chi connectivity index (χ0) is 32.2. The molecule has 0 unspecified atom stereocenters. The number of nitrogens with one attached hydrogen (secondary N) is 1. The Labute approximate surface area is 266 Å². The van der Waals surface area contributed by atoms with E-state index >= 15 is 0 Å². The molecular weight excluding hydrogens is 599 g/mol. The Morgan fingerprint density at radius 2 is 1.71 bits per heavy atom. The third-order valence-electron chi connectivity index (χ3n) is 7.09. The molecule has 3 aromatic carbocycles. The number of aromatic nitrogens is 2. The van der Waals surface area contributed by atoms with Crippen molar-refractivity contribution in [1.82, 2.24) is 9.55 Å². The number of carbonyl (C=O) groups excluding carboxylic acids is 1. The highest BCUT2D eigenvalue weighted by Gasteiger charge is 2.32. The van der Waals surface area contributed by atoms with Gasteiger partial charge in [-0.2, -0.15) is 13.2 Å². The van der Waals surface area contributed by atoms with Crippen molar-refractivity contribution in [3.8, 4) is 16.9 Å². The molecule has 4 rings (SSSR count). The summed E-state index contributed by atoms with van der Waals surface area (Å²) in [5.74, 6) is 0.880. The largest absolute Gasteiger partial charge is 0.491 e. The lowest BCUT2D eigenvalue weighted by Crippen LogP contribution is -2.09. The smallest absolute Gasteiger partial charge is 0.416 e. The highest BCUT2D eigenvalue weighted by molar-refractivity contribution is 7.98. The van der Waals surface area contributed by atoms with Crippen LogP contribution >= 0.6 is 11.8 Å². The van der Waals surface area contributed by atoms with Crippen LogP contribution in [0.3, 0.4) is 0 Å². The summed E-state index contributed by atoms with van der Waals surface area (Å²) in [4.78, 5) is 18.0. The second-order valence-electron chi connectivity index (χ2n) is 10.3. The standard InChI is InChI=1S/C35H38F3N3O3S/c1-4-6-19-43-20-21-44-30-13-7-26(8-14-30)27-9-17-32(35(36,37)38)28(22-27)10-18-34(42)40-29-11-15-31(16-12-29)45-23-33-25(3)39-24-41(33)5-2/h7-18,22,24H,4-6,19-21,23H2,1-3H3,(H,40,42)/b18-10+. The summed E-state index contributed by atoms with van der Waals surface area (Å²) in [5.41, 5.74) is 3.10. The molecule has 1 aromatic heterocycles. The highest BCUT2D eigenvalue weighted by atomic mass is 32.2. The molecular formula is C35H38F3N3O3S. The van der Waals surface area contributed by atoms with E-state index in [9.17, 15) is 18.0 Å². The maximum atomic E-state index is 13.8. The lowest BCUT2D eigenvalue weighted by molar-refractivity contribution is -0.137. The van der Waals surface area contributed by atoms with Crippen LogP contribution in [0, 0.1) is 6.92 Å². The van der Waals surface area contributed by atoms with Gasteiger partial charge in [-0.1, -0.05) is 31.5 Å². The fraction of sp³-hybridized carbons (Fsp3) is 0.314. The molecule has 0 aliphatic heterocycles. The van der Waals surface area contributed by atoms with Gasteiger partial charge in [-0.05, 0) is 91.6 Å². The molecule has 0 aliphatic carbocycles. The highest BCUT2D eigenvalue weighted by Crippen LogP contribution is 2.35. The van der Waals surface area contributed by atoms with Gasteiger partial charge in [-0.25, -0.2) is 4.98 Å². The monoisotopic (exact) mass is 637 g/mol. The van der Waals surface area contributed by atoms with Gasteiger partial charge in [0, 0.05) is 35.6 Å². The molecule has 0 atom stereocenters. The first-order chi connectivity index (χ1) is 21.7. The van der Waals surface area contributed by atoms with E-state index in [0.29, 0.717) is 36.8 Å². The van der Waals surface area contributed by atoms with Gasteiger partial charge in [-0.3, -0.25) is 4.79 Å². The van der Waals surface area contributed by atoms with Crippen molar-refractivity contribution < 1.29 is 27.4 Å². The number of ether oxygens (including phenoxy) is 2. The van der Waals surface area contributed by atoms with Gasteiger partial charge in [0.15, 0.2) is 0 Å². The molecule has 0 fully saturated rings. The van der Waals surface area contributed by atoms with Crippen molar-refractivity contribution >= 4 is 29.4 Å². The van der Waals surface area contributed by atoms with E-state index in [0.717, 1.165) is 59.1 Å². The second-order valence-corrected chi connectivity index (χ2v) is 11.4. The zero-order valence-electron chi connectivity index (χ0n) is 25.7. The van der Waals surface area contributed by atoms with Crippen molar-refractivity contribution in [2.45, 2.75) is 57.0 Å². The first kappa shape index (κ1) is 33.9. The van der Waals surface area contributed by atoms with Crippen molar-refractivity contribution in [3.63, 3.8) is 0 Å². The van der Waals surface area contributed by atoms with E-state index in [1.807, 2.05) is 25.4 Å². The summed E-state index contributed by atoms with van der Waals surface area (Å²) in [6.45, 7) is 8.61. The molecule has 0 radical (unpaired) electrons. The van der Waals surface area contributed by atoms with Gasteiger partial charge in [0.05, 0.1) is 29.9 Å². The number of amides is 1. The first-order valence-electron chi connectivity index (χ1n) is 14.9. The number of carbonyl (C=O) groups is 1. The number of alkyl halides is 3. The van der Waals surface area contributed by atoms with Gasteiger partial charge < -0.3 is 19.4 Å². The maximum Gasteiger partial charge on any atom is 0.416 e. The molecule has 1 N–H and O–H groups in total. The van der Waals surface area contributed by atoms with E-state index in [-0.39, 0.29) is 5.56 Å². The number of unbranched alkanes of at least 4 members (excludes halogenated alkanes) is 1. The van der Waals surface area contributed by atoms with Crippen molar-refractivity contribution in [2.75, 3.05) is 25.1 Å². The van der Waals surface area contributed by atoms with Gasteiger partial charge >= 0.3 is 6.18 Å². The van der Waals surface area contributed by atoms with E-state index in [1.54, 1.807) is 48.2 Å². The Bertz CT molecular complexity index is 1570. The topological polar surface area (TPSA) is 65.4 Å². The molecule has 238 valence electrons. The summed E-state index contributed by atoms with van der Waals surface area (Å²) >= 11 is 1.66. The molecule has 10 heteroatoms. The van der Waals surface area contributed by atoms with E-state index in [4.69, 9.17) is 9.47 Å². The fourth-order valence-corrected chi connectivity index (χ4v) is 5.56. The normalized spacial score (nSPS) is 11.7. The lowest BCUT2D eigenvalue weighted by Gasteiger charge is -2.13. The average Bonchev–Trinajstić information content (AvgIpc) is 3.40. The molecule has 6 nitrogen and oxygen atoms in total. The van der Waals surface area contributed by atoms with Crippen LogP contribution in [0.2, 0.25) is 0 Å². The van der Waals surface area contributed by atoms with Gasteiger partial charge in [-0.15, -0.1) is 11.8 Å². The van der Waals surface area contributed by atoms with Gasteiger partial charge in [0.25, 0.3) is 0 Å². The summed E-state index contributed by atoms with van der Waals surface area (Å²) in [6, 6.07) is 18.4. The Kier molecular flexibility index (Phi) is 12.3. The summed E-state index contributed by atoms with van der Waals surface area (Å²) in [6.07, 6.45) is 1.65. The van der Waals surface area contributed by atoms with Crippen LogP contribution in [0.1, 0.15) is 49.2 Å². The second kappa shape index (κ2) is 16.3. The minimum absolute atomic E-state index is 0.104. The van der Waals surface area contributed by atoms with E-state index in [1.165, 1.54) is 18.2 Å². The third-order valence-corrected chi connectivity index (χ3v) is 8.11. The Morgan fingerprint density at radius 1 is 0.978 bits per heavy atom. The quantitative estimate of drug-likeness (QED) is 0.0801. The molecule has 1 amide bonds. The number of rotatable bonds is 15. The number of anilines is 1. The summed E-state index contributed by atoms with van der Waals surface area (Å²) < 4.78 is 54.7. The molecule has 0 saturated heterocycles. The van der Waals surface area contributed by atoms with Crippen LogP contribution in [0.25, 0.3) is 17.2 Å². The van der Waals surface area contributed by atoms with Crippen LogP contribution in [0.15, 0.2) is 84.0 Å². The van der Waals surface area contributed by atoms with Gasteiger partial charge in [0.1, 0.15) is 12.4 Å². The third kappa shape index (κ3) is 9.99. The Hall–Kier alpha value is -4.02. The number of aryl methyl sites for hydroxylation is 2. The molecule has 1 heterocycles. The Balaban J connectivity index is 1.38. The molecule has 45 heavy (non-hydrogen) atoms. The van der Waals surface area contributed by atoms with Crippen molar-refractivity contribution in [1.29, 1.82) is 0 Å². The van der Waals surface area contributed by atoms with Crippen molar-refractivity contribution in [3.05, 3.63) is 102 Å². The van der Waals surface area contributed by atoms with E-state index in [2.05, 4.69) is 28.7 Å². The minimum atomic E-state index is -4.58. The van der Waals surface area contributed by atoms with Crippen LogP contribution in [0.5, 0.6) is 5.75 Å². The number of thioether (sulfide) groups is 1. The van der Waals surface area contributed by atoms with Gasteiger partial charge in [0.2, 0.25) is 5.91 Å². The maximum absolute atomic E-state index is 13.8. The fourth-order valence-electron chi connectivity index (χ4n) is 4.55. The molecule has 0 saturated carbocycles. The number of imidazole rings is 1. The van der Waals surface area contributed by atoms with Crippen molar-refractivity contribution in [2.24, 2.45) is 0 Å². The number of halogens is 3. The predicted molar refractivity (Wildman–Crippen MR) is 174 cm³/mol. The zero-order valence-corrected chi connectivity index (χ0v) is 26.5. The summed E-state index contributed by atoms with van der Waals surface area (Å²) in [5, 5.41) is 2.72. The van der Waals surface area contributed by atoms with Crippen LogP contribution in [-0.4, -0.2) is 35.3 Å². The van der Waals surface area contributed by atoms with Crippen LogP contribution in [0.4, 0.5) is 18.9 Å². The average molecular weight is 638 g/mol. The Morgan fingerprint density at radius 3 is 2.40 bits per heavy atom.